The number of aromatic nitrogens is 2. The molecule has 1 aromatic heterocycles. The van der Waals surface area contributed by atoms with E-state index in [1.54, 1.807) is 12.1 Å². The molecule has 0 aliphatic carbocycles. The van der Waals surface area contributed by atoms with Gasteiger partial charge in [0, 0.05) is 51.7 Å². The van der Waals surface area contributed by atoms with Crippen molar-refractivity contribution in [2.75, 3.05) is 38.6 Å². The Labute approximate surface area is 178 Å². The number of sulfonamides is 1. The number of carbonyl (C=O) groups excluding carboxylic acids is 1. The van der Waals surface area contributed by atoms with E-state index in [1.165, 1.54) is 20.2 Å². The standard InChI is InChI=1S/C21H31N5O3S/c1-16-14-17(2)26(23-16)13-7-10-22-21(27)19-15-18(30(28,29)24(3)4)8-9-20(19)25-11-5-6-12-25/h8-9,14-15H,5-7,10-13H2,1-4H3,(H,22,27). The third kappa shape index (κ3) is 4.84. The van der Waals surface area contributed by atoms with Gasteiger partial charge in [-0.2, -0.15) is 5.10 Å². The zero-order valence-corrected chi connectivity index (χ0v) is 19.0. The van der Waals surface area contributed by atoms with Crippen LogP contribution in [0.2, 0.25) is 0 Å². The normalized spacial score (nSPS) is 14.5. The van der Waals surface area contributed by atoms with E-state index in [-0.39, 0.29) is 10.8 Å². The average Bonchev–Trinajstić information content (AvgIpc) is 3.34. The first-order valence-corrected chi connectivity index (χ1v) is 11.7. The SMILES string of the molecule is Cc1cc(C)n(CCCNC(=O)c2cc(S(=O)(=O)N(C)C)ccc2N2CCCC2)n1. The Morgan fingerprint density at radius 1 is 1.17 bits per heavy atom. The maximum atomic E-state index is 13.0. The number of hydrogen-bond donors (Lipinski definition) is 1. The van der Waals surface area contributed by atoms with Gasteiger partial charge in [-0.05, 0) is 57.4 Å². The van der Waals surface area contributed by atoms with Crippen molar-refractivity contribution in [3.63, 3.8) is 0 Å². The fourth-order valence-corrected chi connectivity index (χ4v) is 4.66. The minimum atomic E-state index is -3.61. The number of amides is 1. The highest BCUT2D eigenvalue weighted by molar-refractivity contribution is 7.89. The van der Waals surface area contributed by atoms with Crippen LogP contribution in [0.25, 0.3) is 0 Å². The summed E-state index contributed by atoms with van der Waals surface area (Å²) in [6.07, 6.45) is 2.88. The molecule has 1 fully saturated rings. The summed E-state index contributed by atoms with van der Waals surface area (Å²) in [5, 5.41) is 7.38. The van der Waals surface area contributed by atoms with Gasteiger partial charge in [0.05, 0.1) is 16.2 Å². The third-order valence-corrected chi connectivity index (χ3v) is 7.18. The molecule has 9 heteroatoms. The minimum absolute atomic E-state index is 0.128. The van der Waals surface area contributed by atoms with E-state index in [4.69, 9.17) is 0 Å². The lowest BCUT2D eigenvalue weighted by atomic mass is 10.1. The second-order valence-electron chi connectivity index (χ2n) is 7.92. The second-order valence-corrected chi connectivity index (χ2v) is 10.1. The van der Waals surface area contributed by atoms with Crippen molar-refractivity contribution in [3.05, 3.63) is 41.2 Å². The van der Waals surface area contributed by atoms with Crippen LogP contribution < -0.4 is 10.2 Å². The number of rotatable bonds is 8. The van der Waals surface area contributed by atoms with Crippen molar-refractivity contribution in [2.45, 2.75) is 44.6 Å². The molecule has 3 rings (SSSR count). The average molecular weight is 434 g/mol. The molecule has 0 saturated carbocycles. The Kier molecular flexibility index (Phi) is 6.82. The van der Waals surface area contributed by atoms with Crippen LogP contribution in [0.5, 0.6) is 0 Å². The fraction of sp³-hybridized carbons (Fsp3) is 0.524. The zero-order chi connectivity index (χ0) is 21.9. The Bertz CT molecular complexity index is 1010. The second kappa shape index (κ2) is 9.18. The van der Waals surface area contributed by atoms with Crippen LogP contribution in [0.15, 0.2) is 29.2 Å². The first-order valence-electron chi connectivity index (χ1n) is 10.3. The summed E-state index contributed by atoms with van der Waals surface area (Å²) in [7, 11) is -0.637. The smallest absolute Gasteiger partial charge is 0.253 e. The summed E-state index contributed by atoms with van der Waals surface area (Å²) in [6, 6.07) is 6.87. The zero-order valence-electron chi connectivity index (χ0n) is 18.2. The Hall–Kier alpha value is -2.39. The lowest BCUT2D eigenvalue weighted by Gasteiger charge is -2.22. The van der Waals surface area contributed by atoms with Crippen molar-refractivity contribution in [2.24, 2.45) is 0 Å². The molecule has 1 saturated heterocycles. The topological polar surface area (TPSA) is 87.5 Å². The molecule has 0 spiro atoms. The number of nitrogens with one attached hydrogen (secondary N) is 1. The van der Waals surface area contributed by atoms with Crippen LogP contribution in [0, 0.1) is 13.8 Å². The molecule has 1 aliphatic heterocycles. The molecule has 1 aliphatic rings. The van der Waals surface area contributed by atoms with Crippen molar-refractivity contribution in [1.82, 2.24) is 19.4 Å². The summed E-state index contributed by atoms with van der Waals surface area (Å²) >= 11 is 0. The van der Waals surface area contributed by atoms with Crippen molar-refractivity contribution >= 4 is 21.6 Å². The highest BCUT2D eigenvalue weighted by atomic mass is 32.2. The number of nitrogens with zero attached hydrogens (tertiary/aromatic N) is 4. The molecular weight excluding hydrogens is 402 g/mol. The van der Waals surface area contributed by atoms with Gasteiger partial charge in [0.15, 0.2) is 0 Å². The van der Waals surface area contributed by atoms with Gasteiger partial charge in [-0.3, -0.25) is 9.48 Å². The van der Waals surface area contributed by atoms with E-state index in [2.05, 4.69) is 15.3 Å². The number of benzene rings is 1. The van der Waals surface area contributed by atoms with Gasteiger partial charge < -0.3 is 10.2 Å². The number of aryl methyl sites for hydroxylation is 3. The van der Waals surface area contributed by atoms with E-state index < -0.39 is 10.0 Å². The van der Waals surface area contributed by atoms with Gasteiger partial charge in [0.1, 0.15) is 0 Å². The van der Waals surface area contributed by atoms with Crippen molar-refractivity contribution in [1.29, 1.82) is 0 Å². The van der Waals surface area contributed by atoms with Gasteiger partial charge in [-0.1, -0.05) is 0 Å². The number of hydrogen-bond acceptors (Lipinski definition) is 5. The predicted octanol–water partition coefficient (Wildman–Crippen LogP) is 2.17. The van der Waals surface area contributed by atoms with Crippen LogP contribution >= 0.6 is 0 Å². The molecule has 2 heterocycles. The largest absolute Gasteiger partial charge is 0.371 e. The van der Waals surface area contributed by atoms with Gasteiger partial charge in [0.25, 0.3) is 5.91 Å². The summed E-state index contributed by atoms with van der Waals surface area (Å²) in [4.78, 5) is 15.3. The van der Waals surface area contributed by atoms with E-state index in [0.29, 0.717) is 18.7 Å². The van der Waals surface area contributed by atoms with Crippen LogP contribution in [0.3, 0.4) is 0 Å². The highest BCUT2D eigenvalue weighted by Crippen LogP contribution is 2.28. The predicted molar refractivity (Wildman–Crippen MR) is 117 cm³/mol. The molecule has 0 radical (unpaired) electrons. The van der Waals surface area contributed by atoms with Gasteiger partial charge >= 0.3 is 0 Å². The van der Waals surface area contributed by atoms with E-state index in [0.717, 1.165) is 53.7 Å². The molecule has 1 amide bonds. The lowest BCUT2D eigenvalue weighted by Crippen LogP contribution is -2.29. The molecule has 164 valence electrons. The lowest BCUT2D eigenvalue weighted by molar-refractivity contribution is 0.0953. The quantitative estimate of drug-likeness (QED) is 0.645. The molecule has 0 bridgehead atoms. The summed E-state index contributed by atoms with van der Waals surface area (Å²) in [6.45, 7) is 6.92. The molecule has 0 atom stereocenters. The molecule has 1 aromatic carbocycles. The monoisotopic (exact) mass is 433 g/mol. The summed E-state index contributed by atoms with van der Waals surface area (Å²) in [5.41, 5.74) is 3.27. The Balaban J connectivity index is 1.75. The maximum Gasteiger partial charge on any atom is 0.253 e. The van der Waals surface area contributed by atoms with E-state index in [1.807, 2.05) is 24.6 Å². The van der Waals surface area contributed by atoms with Crippen molar-refractivity contribution < 1.29 is 13.2 Å². The van der Waals surface area contributed by atoms with Gasteiger partial charge in [0.2, 0.25) is 10.0 Å². The van der Waals surface area contributed by atoms with Crippen molar-refractivity contribution in [3.8, 4) is 0 Å². The number of anilines is 1. The Morgan fingerprint density at radius 2 is 1.87 bits per heavy atom. The van der Waals surface area contributed by atoms with Gasteiger partial charge in [-0.25, -0.2) is 12.7 Å². The third-order valence-electron chi connectivity index (χ3n) is 5.37. The molecule has 0 unspecified atom stereocenters. The first-order chi connectivity index (χ1) is 14.2. The summed E-state index contributed by atoms with van der Waals surface area (Å²) in [5.74, 6) is -0.249. The maximum absolute atomic E-state index is 13.0. The van der Waals surface area contributed by atoms with E-state index >= 15 is 0 Å². The van der Waals surface area contributed by atoms with E-state index in [9.17, 15) is 13.2 Å². The first kappa shape index (κ1) is 22.3. The molecule has 1 N–H and O–H groups in total. The minimum Gasteiger partial charge on any atom is -0.371 e. The highest BCUT2D eigenvalue weighted by Gasteiger charge is 2.24. The number of carbonyl (C=O) groups is 1. The summed E-state index contributed by atoms with van der Waals surface area (Å²) < 4.78 is 28.2. The van der Waals surface area contributed by atoms with Crippen LogP contribution in [-0.2, 0) is 16.6 Å². The Morgan fingerprint density at radius 3 is 2.47 bits per heavy atom. The van der Waals surface area contributed by atoms with Crippen LogP contribution in [-0.4, -0.2) is 62.1 Å². The van der Waals surface area contributed by atoms with Crippen LogP contribution in [0.1, 0.15) is 41.0 Å². The molecule has 8 nitrogen and oxygen atoms in total. The molecular formula is C21H31N5O3S. The molecule has 30 heavy (non-hydrogen) atoms. The van der Waals surface area contributed by atoms with Gasteiger partial charge in [-0.15, -0.1) is 0 Å². The van der Waals surface area contributed by atoms with Crippen LogP contribution in [0.4, 0.5) is 5.69 Å². The molecule has 2 aromatic rings. The fourth-order valence-electron chi connectivity index (χ4n) is 3.73.